The van der Waals surface area contributed by atoms with E-state index in [0.29, 0.717) is 13.1 Å². The molecule has 0 radical (unpaired) electrons. The molecular formula is C14H14Br6NO4+. The first kappa shape index (κ1) is 24.0. The summed E-state index contributed by atoms with van der Waals surface area (Å²) in [7, 11) is 0. The van der Waals surface area contributed by atoms with Crippen LogP contribution in [0.15, 0.2) is 28.7 Å². The van der Waals surface area contributed by atoms with E-state index in [9.17, 15) is 9.59 Å². The lowest BCUT2D eigenvalue weighted by Gasteiger charge is -2.20. The van der Waals surface area contributed by atoms with E-state index >= 15 is 0 Å². The minimum atomic E-state index is -1.08. The lowest BCUT2D eigenvalue weighted by molar-refractivity contribution is -0.833. The van der Waals surface area contributed by atoms with E-state index in [1.54, 1.807) is 0 Å². The summed E-state index contributed by atoms with van der Waals surface area (Å²) < 4.78 is 9.72. The van der Waals surface area contributed by atoms with Crippen LogP contribution in [-0.2, 0) is 19.1 Å². The largest absolute Gasteiger partial charge is 0.458 e. The SMILES string of the molecule is O=C(OCC[NH+](CCOC(=O)C(Br)(Br)Br)c1cccc(Br)c1)C(Br)Br. The molecule has 1 unspecified atom stereocenters. The third-order valence-electron chi connectivity index (χ3n) is 2.93. The van der Waals surface area contributed by atoms with Gasteiger partial charge in [-0.1, -0.05) is 53.9 Å². The van der Waals surface area contributed by atoms with Crippen LogP contribution in [0.2, 0.25) is 0 Å². The summed E-state index contributed by atoms with van der Waals surface area (Å²) >= 11 is 19.0. The van der Waals surface area contributed by atoms with Crippen molar-refractivity contribution in [3.8, 4) is 0 Å². The van der Waals surface area contributed by atoms with Crippen LogP contribution >= 0.6 is 95.6 Å². The Balaban J connectivity index is 2.65. The maximum absolute atomic E-state index is 11.8. The zero-order chi connectivity index (χ0) is 19.0. The van der Waals surface area contributed by atoms with E-state index in [2.05, 4.69) is 95.6 Å². The van der Waals surface area contributed by atoms with Gasteiger partial charge in [0.15, 0.2) is 3.74 Å². The zero-order valence-corrected chi connectivity index (χ0v) is 22.1. The van der Waals surface area contributed by atoms with Gasteiger partial charge in [-0.15, -0.1) is 0 Å². The Hall–Kier alpha value is 1.000. The molecular weight excluding hydrogens is 726 g/mol. The van der Waals surface area contributed by atoms with Crippen LogP contribution in [0, 0.1) is 0 Å². The summed E-state index contributed by atoms with van der Waals surface area (Å²) in [6.07, 6.45) is 0. The normalized spacial score (nSPS) is 12.8. The molecule has 0 amide bonds. The lowest BCUT2D eigenvalue weighted by Crippen LogP contribution is -3.08. The topological polar surface area (TPSA) is 57.0 Å². The van der Waals surface area contributed by atoms with Gasteiger partial charge in [0, 0.05) is 10.5 Å². The van der Waals surface area contributed by atoms with Crippen LogP contribution < -0.4 is 4.90 Å². The molecule has 140 valence electrons. The van der Waals surface area contributed by atoms with Crippen LogP contribution in [0.1, 0.15) is 0 Å². The van der Waals surface area contributed by atoms with Crippen molar-refractivity contribution in [1.82, 2.24) is 0 Å². The van der Waals surface area contributed by atoms with Gasteiger partial charge in [0.1, 0.15) is 32.0 Å². The van der Waals surface area contributed by atoms with Gasteiger partial charge in [0.2, 0.25) is 2.14 Å². The average Bonchev–Trinajstić information content (AvgIpc) is 2.51. The number of rotatable bonds is 8. The highest BCUT2D eigenvalue weighted by Crippen LogP contribution is 2.34. The predicted molar refractivity (Wildman–Crippen MR) is 118 cm³/mol. The van der Waals surface area contributed by atoms with Crippen LogP contribution in [0.5, 0.6) is 0 Å². The maximum Gasteiger partial charge on any atom is 0.345 e. The van der Waals surface area contributed by atoms with Gasteiger partial charge in [0.25, 0.3) is 0 Å². The standard InChI is InChI=1S/C14H13Br6NO4/c15-9-2-1-3-10(8-9)21(4-6-24-12(22)11(16)17)5-7-25-13(23)14(18,19)20/h1-3,8,11H,4-7H2/p+1. The highest BCUT2D eigenvalue weighted by Gasteiger charge is 2.30. The Bertz CT molecular complexity index is 593. The minimum absolute atomic E-state index is 0.207. The summed E-state index contributed by atoms with van der Waals surface area (Å²) in [5.74, 6) is -0.864. The first-order chi connectivity index (χ1) is 11.6. The van der Waals surface area contributed by atoms with E-state index in [1.807, 2.05) is 24.3 Å². The molecule has 1 N–H and O–H groups in total. The second-order valence-corrected chi connectivity index (χ2v) is 15.5. The molecule has 5 nitrogen and oxygen atoms in total. The Morgan fingerprint density at radius 2 is 1.68 bits per heavy atom. The number of esters is 2. The van der Waals surface area contributed by atoms with Crippen LogP contribution in [-0.4, -0.2) is 44.1 Å². The molecule has 0 saturated heterocycles. The van der Waals surface area contributed by atoms with Crippen molar-refractivity contribution in [1.29, 1.82) is 0 Å². The van der Waals surface area contributed by atoms with Crippen LogP contribution in [0.25, 0.3) is 0 Å². The molecule has 11 heteroatoms. The number of carbonyl (C=O) groups is 2. The van der Waals surface area contributed by atoms with Gasteiger partial charge in [0.05, 0.1) is 0 Å². The van der Waals surface area contributed by atoms with E-state index in [1.165, 1.54) is 0 Å². The van der Waals surface area contributed by atoms with Gasteiger partial charge in [-0.05, 0) is 59.9 Å². The number of ether oxygens (including phenoxy) is 2. The second-order valence-electron chi connectivity index (χ2n) is 4.72. The fourth-order valence-electron chi connectivity index (χ4n) is 1.81. The maximum atomic E-state index is 11.8. The molecule has 0 spiro atoms. The van der Waals surface area contributed by atoms with Gasteiger partial charge in [-0.25, -0.2) is 9.59 Å². The number of halogens is 6. The van der Waals surface area contributed by atoms with Crippen molar-refractivity contribution in [3.05, 3.63) is 28.7 Å². The summed E-state index contributed by atoms with van der Waals surface area (Å²) in [6.45, 7) is 1.50. The molecule has 0 aliphatic carbocycles. The quantitative estimate of drug-likeness (QED) is 0.324. The minimum Gasteiger partial charge on any atom is -0.458 e. The molecule has 0 aliphatic heterocycles. The number of hydrogen-bond acceptors (Lipinski definition) is 4. The van der Waals surface area contributed by atoms with Crippen molar-refractivity contribution in [2.45, 2.75) is 5.88 Å². The first-order valence-corrected chi connectivity index (χ1v) is 11.9. The zero-order valence-electron chi connectivity index (χ0n) is 12.6. The van der Waals surface area contributed by atoms with Gasteiger partial charge in [-0.3, -0.25) is 4.90 Å². The Labute approximate surface area is 196 Å². The number of quaternary nitrogens is 1. The average molecular weight is 740 g/mol. The lowest BCUT2D eigenvalue weighted by atomic mass is 10.3. The molecule has 1 aromatic rings. The van der Waals surface area contributed by atoms with Gasteiger partial charge >= 0.3 is 11.9 Å². The molecule has 0 aromatic heterocycles. The van der Waals surface area contributed by atoms with Crippen molar-refractivity contribution in [3.63, 3.8) is 0 Å². The van der Waals surface area contributed by atoms with Crippen molar-refractivity contribution in [2.24, 2.45) is 0 Å². The first-order valence-electron chi connectivity index (χ1n) is 6.90. The van der Waals surface area contributed by atoms with Gasteiger partial charge < -0.3 is 9.47 Å². The molecule has 0 bridgehead atoms. The summed E-state index contributed by atoms with van der Waals surface area (Å²) in [6, 6.07) is 7.78. The Morgan fingerprint density at radius 3 is 2.20 bits per heavy atom. The number of nitrogens with one attached hydrogen (secondary N) is 1. The highest BCUT2D eigenvalue weighted by molar-refractivity contribution is 9.40. The fourth-order valence-corrected chi connectivity index (χ4v) is 2.82. The summed E-state index contributed by atoms with van der Waals surface area (Å²) in [4.78, 5) is 24.3. The van der Waals surface area contributed by atoms with E-state index in [-0.39, 0.29) is 19.2 Å². The molecule has 0 aliphatic rings. The molecule has 1 rings (SSSR count). The monoisotopic (exact) mass is 734 g/mol. The third kappa shape index (κ3) is 9.66. The number of hydrogen-bond donors (Lipinski definition) is 1. The van der Waals surface area contributed by atoms with E-state index in [4.69, 9.17) is 9.47 Å². The number of carbonyl (C=O) groups excluding carboxylic acids is 2. The van der Waals surface area contributed by atoms with Crippen molar-refractivity contribution in [2.75, 3.05) is 26.3 Å². The van der Waals surface area contributed by atoms with Crippen LogP contribution in [0.4, 0.5) is 5.69 Å². The predicted octanol–water partition coefficient (Wildman–Crippen LogP) is 4.01. The van der Waals surface area contributed by atoms with Crippen molar-refractivity contribution < 1.29 is 24.0 Å². The molecule has 25 heavy (non-hydrogen) atoms. The van der Waals surface area contributed by atoms with Crippen LogP contribution in [0.3, 0.4) is 0 Å². The molecule has 0 fully saturated rings. The molecule has 0 heterocycles. The molecule has 0 saturated carbocycles. The second kappa shape index (κ2) is 11.8. The van der Waals surface area contributed by atoms with E-state index in [0.717, 1.165) is 15.1 Å². The molecule has 1 aromatic carbocycles. The molecule has 1 atom stereocenters. The highest BCUT2D eigenvalue weighted by atomic mass is 80.0. The van der Waals surface area contributed by atoms with Crippen molar-refractivity contribution >= 4 is 113 Å². The third-order valence-corrected chi connectivity index (χ3v) is 5.14. The van der Waals surface area contributed by atoms with Gasteiger partial charge in [-0.2, -0.15) is 0 Å². The fraction of sp³-hybridized carbons (Fsp3) is 0.429. The summed E-state index contributed by atoms with van der Waals surface area (Å²) in [5.41, 5.74) is 0.999. The smallest absolute Gasteiger partial charge is 0.345 e. The Morgan fingerprint density at radius 1 is 1.08 bits per heavy atom. The number of alkyl halides is 5. The Kier molecular flexibility index (Phi) is 11.3. The van der Waals surface area contributed by atoms with E-state index < -0.39 is 11.8 Å². The summed E-state index contributed by atoms with van der Waals surface area (Å²) in [5, 5.41) is 0. The number of benzene rings is 1.